The molecule has 0 bridgehead atoms. The molecule has 72 valence electrons. The molecule has 12 heavy (non-hydrogen) atoms. The molecule has 1 aliphatic rings. The van der Waals surface area contributed by atoms with E-state index in [1.807, 2.05) is 13.8 Å². The van der Waals surface area contributed by atoms with Gasteiger partial charge in [0.1, 0.15) is 0 Å². The second kappa shape index (κ2) is 3.77. The van der Waals surface area contributed by atoms with E-state index in [1.54, 1.807) is 0 Å². The summed E-state index contributed by atoms with van der Waals surface area (Å²) in [5, 5.41) is 0.208. The van der Waals surface area contributed by atoms with Crippen molar-refractivity contribution < 1.29 is 4.21 Å². The van der Waals surface area contributed by atoms with Crippen molar-refractivity contribution in [2.75, 3.05) is 5.75 Å². The van der Waals surface area contributed by atoms with Gasteiger partial charge in [-0.25, -0.2) is 4.21 Å². The highest BCUT2D eigenvalue weighted by molar-refractivity contribution is 7.93. The maximum atomic E-state index is 11.9. The fourth-order valence-electron chi connectivity index (χ4n) is 1.90. The highest BCUT2D eigenvalue weighted by atomic mass is 32.2. The number of rotatable bonds is 3. The van der Waals surface area contributed by atoms with Gasteiger partial charge in [-0.05, 0) is 18.8 Å². The molecule has 1 saturated carbocycles. The Morgan fingerprint density at radius 3 is 2.33 bits per heavy atom. The largest absolute Gasteiger partial charge is 0.253 e. The molecule has 1 rings (SSSR count). The van der Waals surface area contributed by atoms with E-state index in [2.05, 4.69) is 0 Å². The van der Waals surface area contributed by atoms with Crippen molar-refractivity contribution in [3.8, 4) is 0 Å². The molecule has 1 atom stereocenters. The Balaban J connectivity index is 2.58. The van der Waals surface area contributed by atoms with Gasteiger partial charge in [-0.1, -0.05) is 26.7 Å². The summed E-state index contributed by atoms with van der Waals surface area (Å²) in [5.74, 6) is 0.994. The normalized spacial score (nSPS) is 24.6. The quantitative estimate of drug-likeness (QED) is 0.728. The standard InChI is InChI=1S/C9H19NOS/c1-8(2)7-12(10,11)9-5-3-4-6-9/h8-10H,3-7H2,1-2H3/t12-/m1/s1. The van der Waals surface area contributed by atoms with Crippen LogP contribution in [0.1, 0.15) is 39.5 Å². The Morgan fingerprint density at radius 2 is 1.92 bits per heavy atom. The third-order valence-corrected chi connectivity index (χ3v) is 5.13. The van der Waals surface area contributed by atoms with Gasteiger partial charge in [0.05, 0.1) is 0 Å². The summed E-state index contributed by atoms with van der Waals surface area (Å²) >= 11 is 0. The average molecular weight is 189 g/mol. The molecular formula is C9H19NOS. The van der Waals surface area contributed by atoms with E-state index in [1.165, 1.54) is 12.8 Å². The van der Waals surface area contributed by atoms with Crippen molar-refractivity contribution >= 4 is 9.73 Å². The molecule has 0 aromatic heterocycles. The van der Waals surface area contributed by atoms with E-state index in [0.717, 1.165) is 12.8 Å². The first kappa shape index (κ1) is 10.0. The highest BCUT2D eigenvalue weighted by Crippen LogP contribution is 2.26. The molecule has 1 N–H and O–H groups in total. The Bertz CT molecular complexity index is 225. The lowest BCUT2D eigenvalue weighted by Gasteiger charge is -2.15. The third kappa shape index (κ3) is 2.47. The van der Waals surface area contributed by atoms with E-state index in [4.69, 9.17) is 4.78 Å². The minimum absolute atomic E-state index is 0.208. The fraction of sp³-hybridized carbons (Fsp3) is 1.00. The van der Waals surface area contributed by atoms with Gasteiger partial charge in [0.2, 0.25) is 0 Å². The SMILES string of the molecule is CC(C)C[S@@](=N)(=O)C1CCCC1. The van der Waals surface area contributed by atoms with E-state index in [9.17, 15) is 4.21 Å². The zero-order valence-electron chi connectivity index (χ0n) is 8.01. The van der Waals surface area contributed by atoms with Gasteiger partial charge in [-0.15, -0.1) is 0 Å². The zero-order valence-corrected chi connectivity index (χ0v) is 8.82. The second-order valence-corrected chi connectivity index (χ2v) is 6.65. The monoisotopic (exact) mass is 189 g/mol. The van der Waals surface area contributed by atoms with Crippen molar-refractivity contribution in [2.24, 2.45) is 5.92 Å². The van der Waals surface area contributed by atoms with Gasteiger partial charge in [0.15, 0.2) is 0 Å². The first-order valence-corrected chi connectivity index (χ1v) is 6.56. The van der Waals surface area contributed by atoms with Gasteiger partial charge in [-0.2, -0.15) is 0 Å². The van der Waals surface area contributed by atoms with Crippen molar-refractivity contribution in [3.63, 3.8) is 0 Å². The molecule has 3 heteroatoms. The molecule has 1 fully saturated rings. The van der Waals surface area contributed by atoms with Gasteiger partial charge >= 0.3 is 0 Å². The topological polar surface area (TPSA) is 40.9 Å². The first-order chi connectivity index (χ1) is 5.52. The molecule has 1 aliphatic carbocycles. The average Bonchev–Trinajstić information content (AvgIpc) is 2.32. The Hall–Kier alpha value is -0.0500. The lowest BCUT2D eigenvalue weighted by Crippen LogP contribution is -2.22. The summed E-state index contributed by atoms with van der Waals surface area (Å²) in [6, 6.07) is 0. The molecule has 0 radical (unpaired) electrons. The molecule has 2 nitrogen and oxygen atoms in total. The molecule has 0 aromatic rings. The summed E-state index contributed by atoms with van der Waals surface area (Å²) in [6.07, 6.45) is 4.40. The molecule has 0 heterocycles. The van der Waals surface area contributed by atoms with E-state index >= 15 is 0 Å². The maximum absolute atomic E-state index is 11.9. The van der Waals surface area contributed by atoms with Crippen LogP contribution in [0.15, 0.2) is 0 Å². The summed E-state index contributed by atoms with van der Waals surface area (Å²) in [5.41, 5.74) is 0. The van der Waals surface area contributed by atoms with Crippen LogP contribution in [-0.2, 0) is 9.73 Å². The fourth-order valence-corrected chi connectivity index (χ4v) is 4.26. The van der Waals surface area contributed by atoms with Gasteiger partial charge in [-0.3, -0.25) is 4.78 Å². The summed E-state index contributed by atoms with van der Waals surface area (Å²) < 4.78 is 19.6. The minimum Gasteiger partial charge on any atom is -0.253 e. The zero-order chi connectivity index (χ0) is 9.19. The van der Waals surface area contributed by atoms with Crippen molar-refractivity contribution in [2.45, 2.75) is 44.8 Å². The smallest absolute Gasteiger partial charge is 0.0473 e. The molecule has 0 unspecified atom stereocenters. The molecular weight excluding hydrogens is 170 g/mol. The van der Waals surface area contributed by atoms with Crippen molar-refractivity contribution in [1.82, 2.24) is 0 Å². The third-order valence-electron chi connectivity index (χ3n) is 2.42. The summed E-state index contributed by atoms with van der Waals surface area (Å²) in [4.78, 5) is 0. The van der Waals surface area contributed by atoms with E-state index in [-0.39, 0.29) is 5.25 Å². The van der Waals surface area contributed by atoms with Gasteiger partial charge in [0, 0.05) is 20.7 Å². The molecule has 0 amide bonds. The highest BCUT2D eigenvalue weighted by Gasteiger charge is 2.25. The van der Waals surface area contributed by atoms with Crippen LogP contribution >= 0.6 is 0 Å². The number of hydrogen-bond acceptors (Lipinski definition) is 2. The van der Waals surface area contributed by atoms with Crippen molar-refractivity contribution in [3.05, 3.63) is 0 Å². The first-order valence-electron chi connectivity index (χ1n) is 4.77. The van der Waals surface area contributed by atoms with Crippen LogP contribution in [0.25, 0.3) is 0 Å². The van der Waals surface area contributed by atoms with Crippen LogP contribution in [0.2, 0.25) is 0 Å². The summed E-state index contributed by atoms with van der Waals surface area (Å²) in [7, 11) is -2.26. The maximum Gasteiger partial charge on any atom is 0.0473 e. The predicted molar refractivity (Wildman–Crippen MR) is 52.8 cm³/mol. The molecule has 0 aliphatic heterocycles. The van der Waals surface area contributed by atoms with Crippen molar-refractivity contribution in [1.29, 1.82) is 4.78 Å². The van der Waals surface area contributed by atoms with Gasteiger partial charge < -0.3 is 0 Å². The predicted octanol–water partition coefficient (Wildman–Crippen LogP) is 2.63. The molecule has 0 aromatic carbocycles. The lowest BCUT2D eigenvalue weighted by atomic mass is 10.3. The van der Waals surface area contributed by atoms with Crippen LogP contribution in [-0.4, -0.2) is 15.2 Å². The second-order valence-electron chi connectivity index (χ2n) is 4.19. The number of hydrogen-bond donors (Lipinski definition) is 1. The Morgan fingerprint density at radius 1 is 1.42 bits per heavy atom. The van der Waals surface area contributed by atoms with E-state index in [0.29, 0.717) is 11.7 Å². The van der Waals surface area contributed by atoms with Crippen LogP contribution < -0.4 is 0 Å². The lowest BCUT2D eigenvalue weighted by molar-refractivity contribution is 0.640. The van der Waals surface area contributed by atoms with Crippen LogP contribution in [0.5, 0.6) is 0 Å². The Labute approximate surface area is 75.7 Å². The van der Waals surface area contributed by atoms with Gasteiger partial charge in [0.25, 0.3) is 0 Å². The minimum atomic E-state index is -2.26. The van der Waals surface area contributed by atoms with Crippen LogP contribution in [0.4, 0.5) is 0 Å². The van der Waals surface area contributed by atoms with E-state index < -0.39 is 9.73 Å². The Kier molecular flexibility index (Phi) is 3.16. The van der Waals surface area contributed by atoms with Crippen LogP contribution in [0.3, 0.4) is 0 Å². The number of nitrogens with one attached hydrogen (secondary N) is 1. The molecule has 0 spiro atoms. The van der Waals surface area contributed by atoms with Crippen LogP contribution in [0, 0.1) is 10.7 Å². The summed E-state index contributed by atoms with van der Waals surface area (Å²) in [6.45, 7) is 4.09. The molecule has 0 saturated heterocycles.